The van der Waals surface area contributed by atoms with Gasteiger partial charge in [-0.25, -0.2) is 9.18 Å². The van der Waals surface area contributed by atoms with Crippen LogP contribution >= 0.6 is 0 Å². The monoisotopic (exact) mass is 278 g/mol. The van der Waals surface area contributed by atoms with Gasteiger partial charge in [0, 0.05) is 6.04 Å². The molecule has 0 saturated heterocycles. The molecule has 0 aromatic heterocycles. The molecule has 0 unspecified atom stereocenters. The predicted octanol–water partition coefficient (Wildman–Crippen LogP) is 3.76. The lowest BCUT2D eigenvalue weighted by Gasteiger charge is -2.24. The average molecular weight is 278 g/mol. The Kier molecular flexibility index (Phi) is 4.99. The molecule has 2 amide bonds. The minimum absolute atomic E-state index is 0.1000. The first-order chi connectivity index (χ1) is 9.56. The number of nitrogens with one attached hydrogen (secondary N) is 2. The maximum atomic E-state index is 13.0. The smallest absolute Gasteiger partial charge is 0.315 e. The number of benzene rings is 1. The highest BCUT2D eigenvalue weighted by atomic mass is 19.1. The second-order valence-corrected chi connectivity index (χ2v) is 5.87. The van der Waals surface area contributed by atoms with E-state index in [2.05, 4.69) is 10.6 Å². The fraction of sp³-hybridized carbons (Fsp3) is 0.562. The summed E-state index contributed by atoms with van der Waals surface area (Å²) in [6, 6.07) is 6.40. The van der Waals surface area contributed by atoms with Gasteiger partial charge in [0.05, 0.1) is 6.04 Å². The first kappa shape index (κ1) is 14.8. The first-order valence-electron chi connectivity index (χ1n) is 7.39. The second-order valence-electron chi connectivity index (χ2n) is 5.87. The number of rotatable bonds is 4. The number of urea groups is 1. The summed E-state index contributed by atoms with van der Waals surface area (Å²) in [5, 5.41) is 6.03. The van der Waals surface area contributed by atoms with Crippen LogP contribution in [-0.4, -0.2) is 12.1 Å². The molecule has 2 rings (SSSR count). The summed E-state index contributed by atoms with van der Waals surface area (Å²) in [4.78, 5) is 12.1. The van der Waals surface area contributed by atoms with Gasteiger partial charge in [-0.05, 0) is 36.5 Å². The van der Waals surface area contributed by atoms with Crippen molar-refractivity contribution in [2.24, 2.45) is 5.92 Å². The molecule has 0 spiro atoms. The van der Waals surface area contributed by atoms with E-state index < -0.39 is 0 Å². The van der Waals surface area contributed by atoms with Crippen molar-refractivity contribution in [1.29, 1.82) is 0 Å². The van der Waals surface area contributed by atoms with Crippen molar-refractivity contribution in [2.75, 3.05) is 0 Å². The Morgan fingerprint density at radius 3 is 2.35 bits per heavy atom. The molecule has 1 aliphatic carbocycles. The summed E-state index contributed by atoms with van der Waals surface area (Å²) in [5.41, 5.74) is 0.933. The SMILES string of the molecule is CC(C)[C@H](NC(=O)NC1CCCC1)c1ccc(F)cc1. The van der Waals surface area contributed by atoms with Gasteiger partial charge in [0.1, 0.15) is 5.82 Å². The third-order valence-corrected chi connectivity index (χ3v) is 3.87. The van der Waals surface area contributed by atoms with Crippen molar-refractivity contribution in [3.8, 4) is 0 Å². The lowest BCUT2D eigenvalue weighted by atomic mass is 9.96. The van der Waals surface area contributed by atoms with Gasteiger partial charge in [-0.1, -0.05) is 38.8 Å². The Labute approximate surface area is 120 Å². The van der Waals surface area contributed by atoms with Gasteiger partial charge in [0.15, 0.2) is 0 Å². The van der Waals surface area contributed by atoms with Gasteiger partial charge in [-0.15, -0.1) is 0 Å². The van der Waals surface area contributed by atoms with Crippen LogP contribution in [-0.2, 0) is 0 Å². The molecule has 1 aromatic carbocycles. The van der Waals surface area contributed by atoms with Crippen molar-refractivity contribution >= 4 is 6.03 Å². The van der Waals surface area contributed by atoms with E-state index in [0.29, 0.717) is 6.04 Å². The van der Waals surface area contributed by atoms with Gasteiger partial charge in [0.2, 0.25) is 0 Å². The largest absolute Gasteiger partial charge is 0.335 e. The molecule has 110 valence electrons. The van der Waals surface area contributed by atoms with Gasteiger partial charge in [0.25, 0.3) is 0 Å². The molecule has 1 aliphatic rings. The maximum absolute atomic E-state index is 13.0. The van der Waals surface area contributed by atoms with E-state index in [1.807, 2.05) is 13.8 Å². The zero-order chi connectivity index (χ0) is 14.5. The van der Waals surface area contributed by atoms with Crippen molar-refractivity contribution in [2.45, 2.75) is 51.6 Å². The lowest BCUT2D eigenvalue weighted by Crippen LogP contribution is -2.43. The Balaban J connectivity index is 1.98. The van der Waals surface area contributed by atoms with E-state index in [1.165, 1.54) is 25.0 Å². The van der Waals surface area contributed by atoms with Crippen LogP contribution in [0.4, 0.5) is 9.18 Å². The molecule has 1 aromatic rings. The van der Waals surface area contributed by atoms with E-state index >= 15 is 0 Å². The fourth-order valence-electron chi connectivity index (χ4n) is 2.74. The van der Waals surface area contributed by atoms with Crippen LogP contribution in [0.2, 0.25) is 0 Å². The summed E-state index contributed by atoms with van der Waals surface area (Å²) < 4.78 is 13.0. The number of carbonyl (C=O) groups is 1. The molecule has 0 heterocycles. The third-order valence-electron chi connectivity index (χ3n) is 3.87. The van der Waals surface area contributed by atoms with Gasteiger partial charge < -0.3 is 10.6 Å². The summed E-state index contributed by atoms with van der Waals surface area (Å²) in [6.07, 6.45) is 4.51. The Morgan fingerprint density at radius 2 is 1.80 bits per heavy atom. The molecular formula is C16H23FN2O. The molecule has 3 nitrogen and oxygen atoms in total. The molecule has 1 saturated carbocycles. The normalized spacial score (nSPS) is 17.2. The van der Waals surface area contributed by atoms with Crippen LogP contribution in [0.1, 0.15) is 51.1 Å². The minimum atomic E-state index is -0.258. The second kappa shape index (κ2) is 6.73. The molecule has 1 atom stereocenters. The van der Waals surface area contributed by atoms with E-state index in [9.17, 15) is 9.18 Å². The molecular weight excluding hydrogens is 255 g/mol. The molecule has 2 N–H and O–H groups in total. The molecule has 20 heavy (non-hydrogen) atoms. The summed E-state index contributed by atoms with van der Waals surface area (Å²) in [5.74, 6) is -0.0125. The highest BCUT2D eigenvalue weighted by Crippen LogP contribution is 2.22. The van der Waals surface area contributed by atoms with Gasteiger partial charge >= 0.3 is 6.03 Å². The molecule has 0 aliphatic heterocycles. The van der Waals surface area contributed by atoms with Crippen molar-refractivity contribution in [1.82, 2.24) is 10.6 Å². The lowest BCUT2D eigenvalue weighted by molar-refractivity contribution is 0.229. The van der Waals surface area contributed by atoms with Gasteiger partial charge in [-0.2, -0.15) is 0 Å². The van der Waals surface area contributed by atoms with Crippen LogP contribution in [0.15, 0.2) is 24.3 Å². The summed E-state index contributed by atoms with van der Waals surface area (Å²) >= 11 is 0. The van der Waals surface area contributed by atoms with Crippen LogP contribution in [0.25, 0.3) is 0 Å². The number of carbonyl (C=O) groups excluding carboxylic acids is 1. The van der Waals surface area contributed by atoms with Crippen LogP contribution < -0.4 is 10.6 Å². The average Bonchev–Trinajstić information content (AvgIpc) is 2.90. The third kappa shape index (κ3) is 3.95. The predicted molar refractivity (Wildman–Crippen MR) is 77.9 cm³/mol. The molecule has 0 bridgehead atoms. The van der Waals surface area contributed by atoms with Crippen molar-refractivity contribution in [3.63, 3.8) is 0 Å². The van der Waals surface area contributed by atoms with Crippen molar-refractivity contribution < 1.29 is 9.18 Å². The topological polar surface area (TPSA) is 41.1 Å². The molecule has 0 radical (unpaired) electrons. The summed E-state index contributed by atoms with van der Waals surface area (Å²) in [7, 11) is 0. The molecule has 4 heteroatoms. The van der Waals surface area contributed by atoms with Crippen LogP contribution in [0, 0.1) is 11.7 Å². The Hall–Kier alpha value is -1.58. The van der Waals surface area contributed by atoms with E-state index in [4.69, 9.17) is 0 Å². The van der Waals surface area contributed by atoms with E-state index in [-0.39, 0.29) is 23.8 Å². The van der Waals surface area contributed by atoms with E-state index in [1.54, 1.807) is 12.1 Å². The number of halogens is 1. The van der Waals surface area contributed by atoms with E-state index in [0.717, 1.165) is 18.4 Å². The maximum Gasteiger partial charge on any atom is 0.315 e. The summed E-state index contributed by atoms with van der Waals surface area (Å²) in [6.45, 7) is 4.09. The number of amides is 2. The van der Waals surface area contributed by atoms with Crippen LogP contribution in [0.3, 0.4) is 0 Å². The zero-order valence-corrected chi connectivity index (χ0v) is 12.2. The number of hydrogen-bond donors (Lipinski definition) is 2. The fourth-order valence-corrected chi connectivity index (χ4v) is 2.74. The van der Waals surface area contributed by atoms with Crippen LogP contribution in [0.5, 0.6) is 0 Å². The zero-order valence-electron chi connectivity index (χ0n) is 12.2. The highest BCUT2D eigenvalue weighted by Gasteiger charge is 2.21. The highest BCUT2D eigenvalue weighted by molar-refractivity contribution is 5.74. The standard InChI is InChI=1S/C16H23FN2O/c1-11(2)15(12-7-9-13(17)10-8-12)19-16(20)18-14-5-3-4-6-14/h7-11,14-15H,3-6H2,1-2H3,(H2,18,19,20)/t15-/m0/s1. The first-order valence-corrected chi connectivity index (χ1v) is 7.39. The Morgan fingerprint density at radius 1 is 1.20 bits per heavy atom. The van der Waals surface area contributed by atoms with Gasteiger partial charge in [-0.3, -0.25) is 0 Å². The molecule has 1 fully saturated rings. The minimum Gasteiger partial charge on any atom is -0.335 e. The van der Waals surface area contributed by atoms with Crippen molar-refractivity contribution in [3.05, 3.63) is 35.6 Å². The quantitative estimate of drug-likeness (QED) is 0.865. The number of hydrogen-bond acceptors (Lipinski definition) is 1. The Bertz CT molecular complexity index is 438.